The van der Waals surface area contributed by atoms with Crippen LogP contribution in [0, 0.1) is 0 Å². The van der Waals surface area contributed by atoms with Crippen molar-refractivity contribution in [2.45, 2.75) is 4.90 Å². The Bertz CT molecular complexity index is 543. The molecule has 0 saturated carbocycles. The van der Waals surface area contributed by atoms with Gasteiger partial charge in [-0.3, -0.25) is 4.79 Å². The number of sulfonamides is 1. The Morgan fingerprint density at radius 1 is 1.39 bits per heavy atom. The first-order valence-electron chi connectivity index (χ1n) is 5.11. The molecule has 0 aliphatic carbocycles. The van der Waals surface area contributed by atoms with Crippen molar-refractivity contribution in [3.05, 3.63) is 41.9 Å². The number of nitrogens with one attached hydrogen (secondary N) is 2. The highest BCUT2D eigenvalue weighted by Gasteiger charge is 2.13. The van der Waals surface area contributed by atoms with E-state index in [1.165, 1.54) is 12.1 Å². The highest BCUT2D eigenvalue weighted by molar-refractivity contribution is 7.89. The molecule has 98 valence electrons. The van der Waals surface area contributed by atoms with E-state index in [0.29, 0.717) is 5.02 Å². The summed E-state index contributed by atoms with van der Waals surface area (Å²) in [5.41, 5.74) is 0. The van der Waals surface area contributed by atoms with Crippen LogP contribution in [-0.4, -0.2) is 27.4 Å². The first kappa shape index (κ1) is 14.7. The van der Waals surface area contributed by atoms with E-state index in [9.17, 15) is 13.2 Å². The van der Waals surface area contributed by atoms with E-state index in [-0.39, 0.29) is 23.9 Å². The number of rotatable bonds is 6. The summed E-state index contributed by atoms with van der Waals surface area (Å²) in [5.74, 6) is -0.350. The van der Waals surface area contributed by atoms with Crippen molar-refractivity contribution in [3.8, 4) is 0 Å². The Labute approximate surface area is 111 Å². The fraction of sp³-hybridized carbons (Fsp3) is 0.182. The second kappa shape index (κ2) is 6.53. The minimum atomic E-state index is -3.60. The summed E-state index contributed by atoms with van der Waals surface area (Å²) in [4.78, 5) is 10.9. The van der Waals surface area contributed by atoms with Gasteiger partial charge in [0.1, 0.15) is 0 Å². The van der Waals surface area contributed by atoms with Crippen LogP contribution in [0.15, 0.2) is 41.8 Å². The van der Waals surface area contributed by atoms with Gasteiger partial charge in [0, 0.05) is 18.1 Å². The highest BCUT2D eigenvalue weighted by atomic mass is 35.5. The predicted molar refractivity (Wildman–Crippen MR) is 69.8 cm³/mol. The van der Waals surface area contributed by atoms with Crippen LogP contribution in [0.1, 0.15) is 0 Å². The molecule has 0 bridgehead atoms. The van der Waals surface area contributed by atoms with Crippen LogP contribution in [-0.2, 0) is 14.8 Å². The molecule has 0 aliphatic heterocycles. The van der Waals surface area contributed by atoms with Gasteiger partial charge in [0.25, 0.3) is 0 Å². The van der Waals surface area contributed by atoms with E-state index in [2.05, 4.69) is 16.6 Å². The maximum Gasteiger partial charge on any atom is 0.243 e. The standard InChI is InChI=1S/C11H13ClN2O3S/c1-2-11(15)13-6-7-14-18(16,17)10-5-3-4-9(12)8-10/h2-5,8,14H,1,6-7H2,(H,13,15). The van der Waals surface area contributed by atoms with Crippen molar-refractivity contribution in [2.24, 2.45) is 0 Å². The van der Waals surface area contributed by atoms with Gasteiger partial charge in [-0.2, -0.15) is 0 Å². The van der Waals surface area contributed by atoms with Gasteiger partial charge in [-0.25, -0.2) is 13.1 Å². The molecule has 0 aromatic heterocycles. The molecule has 18 heavy (non-hydrogen) atoms. The Morgan fingerprint density at radius 2 is 2.11 bits per heavy atom. The summed E-state index contributed by atoms with van der Waals surface area (Å²) in [5, 5.41) is 2.80. The van der Waals surface area contributed by atoms with E-state index >= 15 is 0 Å². The Kier molecular flexibility index (Phi) is 5.33. The highest BCUT2D eigenvalue weighted by Crippen LogP contribution is 2.14. The van der Waals surface area contributed by atoms with Crippen LogP contribution < -0.4 is 10.0 Å². The second-order valence-corrected chi connectivity index (χ2v) is 5.55. The molecule has 2 N–H and O–H groups in total. The van der Waals surface area contributed by atoms with Crippen LogP contribution in [0.25, 0.3) is 0 Å². The third kappa shape index (κ3) is 4.48. The van der Waals surface area contributed by atoms with Crippen molar-refractivity contribution in [1.29, 1.82) is 0 Å². The lowest BCUT2D eigenvalue weighted by Gasteiger charge is -2.07. The SMILES string of the molecule is C=CC(=O)NCCNS(=O)(=O)c1cccc(Cl)c1. The molecule has 0 atom stereocenters. The molecule has 5 nitrogen and oxygen atoms in total. The maximum atomic E-state index is 11.8. The number of benzene rings is 1. The van der Waals surface area contributed by atoms with Gasteiger partial charge in [-0.15, -0.1) is 0 Å². The van der Waals surface area contributed by atoms with E-state index in [4.69, 9.17) is 11.6 Å². The van der Waals surface area contributed by atoms with Crippen molar-refractivity contribution >= 4 is 27.5 Å². The summed E-state index contributed by atoms with van der Waals surface area (Å²) in [6, 6.07) is 5.93. The van der Waals surface area contributed by atoms with Crippen LogP contribution in [0.4, 0.5) is 0 Å². The normalized spacial score (nSPS) is 10.9. The zero-order valence-electron chi connectivity index (χ0n) is 9.52. The fourth-order valence-corrected chi connectivity index (χ4v) is 2.49. The number of amides is 1. The van der Waals surface area contributed by atoms with E-state index < -0.39 is 10.0 Å². The topological polar surface area (TPSA) is 75.3 Å². The smallest absolute Gasteiger partial charge is 0.243 e. The van der Waals surface area contributed by atoms with Crippen LogP contribution in [0.2, 0.25) is 5.02 Å². The fourth-order valence-electron chi connectivity index (χ4n) is 1.16. The first-order valence-corrected chi connectivity index (χ1v) is 6.97. The summed E-state index contributed by atoms with van der Waals surface area (Å²) < 4.78 is 25.9. The Morgan fingerprint density at radius 3 is 2.72 bits per heavy atom. The molecule has 0 radical (unpaired) electrons. The molecule has 0 unspecified atom stereocenters. The quantitative estimate of drug-likeness (QED) is 0.604. The zero-order chi connectivity index (χ0) is 13.6. The summed E-state index contributed by atoms with van der Waals surface area (Å²) in [7, 11) is -3.60. The van der Waals surface area contributed by atoms with Gasteiger partial charge in [-0.05, 0) is 24.3 Å². The minimum absolute atomic E-state index is 0.0880. The number of carbonyl (C=O) groups is 1. The molecular weight excluding hydrogens is 276 g/mol. The van der Waals surface area contributed by atoms with Crippen LogP contribution >= 0.6 is 11.6 Å². The van der Waals surface area contributed by atoms with Gasteiger partial charge in [0.05, 0.1) is 4.90 Å². The summed E-state index contributed by atoms with van der Waals surface area (Å²) >= 11 is 5.71. The predicted octanol–water partition coefficient (Wildman–Crippen LogP) is 0.921. The van der Waals surface area contributed by atoms with Gasteiger partial charge < -0.3 is 5.32 Å². The average molecular weight is 289 g/mol. The monoisotopic (exact) mass is 288 g/mol. The van der Waals surface area contributed by atoms with Gasteiger partial charge in [0.2, 0.25) is 15.9 Å². The molecule has 0 aliphatic rings. The third-order valence-corrected chi connectivity index (χ3v) is 3.70. The number of halogens is 1. The van der Waals surface area contributed by atoms with E-state index in [1.807, 2.05) is 0 Å². The number of hydrogen-bond acceptors (Lipinski definition) is 3. The maximum absolute atomic E-state index is 11.8. The van der Waals surface area contributed by atoms with Crippen molar-refractivity contribution in [1.82, 2.24) is 10.0 Å². The Hall–Kier alpha value is -1.37. The molecule has 1 rings (SSSR count). The lowest BCUT2D eigenvalue weighted by Crippen LogP contribution is -2.33. The number of hydrogen-bond donors (Lipinski definition) is 2. The molecule has 1 aromatic carbocycles. The molecule has 0 fully saturated rings. The summed E-state index contributed by atoms with van der Waals surface area (Å²) in [6.45, 7) is 3.56. The molecule has 0 spiro atoms. The number of carbonyl (C=O) groups excluding carboxylic acids is 1. The van der Waals surface area contributed by atoms with Crippen molar-refractivity contribution in [3.63, 3.8) is 0 Å². The zero-order valence-corrected chi connectivity index (χ0v) is 11.1. The lowest BCUT2D eigenvalue weighted by molar-refractivity contribution is -0.116. The van der Waals surface area contributed by atoms with Gasteiger partial charge in [0.15, 0.2) is 0 Å². The van der Waals surface area contributed by atoms with Crippen molar-refractivity contribution < 1.29 is 13.2 Å². The summed E-state index contributed by atoms with van der Waals surface area (Å²) in [6.07, 6.45) is 1.12. The molecule has 7 heteroatoms. The first-order chi connectivity index (χ1) is 8.45. The van der Waals surface area contributed by atoms with Crippen molar-refractivity contribution in [2.75, 3.05) is 13.1 Å². The molecule has 0 saturated heterocycles. The molecular formula is C11H13ClN2O3S. The van der Waals surface area contributed by atoms with Gasteiger partial charge in [-0.1, -0.05) is 24.2 Å². The lowest BCUT2D eigenvalue weighted by atomic mass is 10.4. The van der Waals surface area contributed by atoms with Gasteiger partial charge >= 0.3 is 0 Å². The largest absolute Gasteiger partial charge is 0.351 e. The minimum Gasteiger partial charge on any atom is -0.351 e. The van der Waals surface area contributed by atoms with E-state index in [1.54, 1.807) is 12.1 Å². The molecule has 0 heterocycles. The average Bonchev–Trinajstić information content (AvgIpc) is 2.34. The van der Waals surface area contributed by atoms with E-state index in [0.717, 1.165) is 6.08 Å². The second-order valence-electron chi connectivity index (χ2n) is 3.35. The van der Waals surface area contributed by atoms with Crippen LogP contribution in [0.5, 0.6) is 0 Å². The van der Waals surface area contributed by atoms with Crippen LogP contribution in [0.3, 0.4) is 0 Å². The molecule has 1 amide bonds. The molecule has 1 aromatic rings. The Balaban J connectivity index is 2.55. The third-order valence-electron chi connectivity index (χ3n) is 2.01.